The number of rotatable bonds is 5. The monoisotopic (exact) mass is 568 g/mol. The van der Waals surface area contributed by atoms with E-state index in [0.29, 0.717) is 30.3 Å². The van der Waals surface area contributed by atoms with Gasteiger partial charge in [0, 0.05) is 43.1 Å². The smallest absolute Gasteiger partial charge is 0.174 e. The van der Waals surface area contributed by atoms with Crippen LogP contribution in [-0.4, -0.2) is 67.2 Å². The molecule has 1 aromatic heterocycles. The largest absolute Gasteiger partial charge is 0.495 e. The minimum Gasteiger partial charge on any atom is -0.495 e. The summed E-state index contributed by atoms with van der Waals surface area (Å²) < 4.78 is 19.3. The van der Waals surface area contributed by atoms with E-state index in [9.17, 15) is 5.11 Å². The lowest BCUT2D eigenvalue weighted by Crippen LogP contribution is -2.53. The summed E-state index contributed by atoms with van der Waals surface area (Å²) in [5.41, 5.74) is 0.459. The van der Waals surface area contributed by atoms with E-state index in [0.717, 1.165) is 48.8 Å². The lowest BCUT2D eigenvalue weighted by Gasteiger charge is -2.42. The summed E-state index contributed by atoms with van der Waals surface area (Å²) in [6.45, 7) is 3.89. The number of benzene rings is 2. The number of aliphatic hydroxyl groups excluding tert-OH is 1. The summed E-state index contributed by atoms with van der Waals surface area (Å²) in [4.78, 5) is 6.77. The van der Waals surface area contributed by atoms with Crippen LogP contribution in [0.4, 0.5) is 0 Å². The molecule has 37 heavy (non-hydrogen) atoms. The van der Waals surface area contributed by atoms with Gasteiger partial charge in [-0.3, -0.25) is 9.88 Å². The number of methoxy groups -OCH3 is 1. The van der Waals surface area contributed by atoms with Crippen LogP contribution in [-0.2, 0) is 15.9 Å². The van der Waals surface area contributed by atoms with Gasteiger partial charge in [0.1, 0.15) is 17.1 Å². The number of hydrogen-bond acceptors (Lipinski definition) is 7. The minimum absolute atomic E-state index is 0.0713. The van der Waals surface area contributed by atoms with Crippen molar-refractivity contribution in [3.8, 4) is 11.5 Å². The van der Waals surface area contributed by atoms with Gasteiger partial charge < -0.3 is 24.4 Å². The Morgan fingerprint density at radius 2 is 1.76 bits per heavy atom. The van der Waals surface area contributed by atoms with Gasteiger partial charge in [0.05, 0.1) is 38.3 Å². The van der Waals surface area contributed by atoms with E-state index in [1.165, 1.54) is 0 Å². The first-order valence-corrected chi connectivity index (χ1v) is 13.4. The number of morpholine rings is 1. The SMILES string of the molecule is CO.COc1cncc2c1C1(O)C(CN3CCOCC3)CC(c3ccccc3)C1(c1ccc(Br)cc1)O2. The van der Waals surface area contributed by atoms with Crippen molar-refractivity contribution in [2.24, 2.45) is 5.92 Å². The van der Waals surface area contributed by atoms with Gasteiger partial charge in [0.2, 0.25) is 0 Å². The summed E-state index contributed by atoms with van der Waals surface area (Å²) in [6.07, 6.45) is 4.17. The van der Waals surface area contributed by atoms with Crippen molar-refractivity contribution in [2.75, 3.05) is 47.1 Å². The molecule has 1 saturated carbocycles. The van der Waals surface area contributed by atoms with Crippen molar-refractivity contribution < 1.29 is 24.4 Å². The number of halogens is 1. The summed E-state index contributed by atoms with van der Waals surface area (Å²) in [5.74, 6) is 0.983. The van der Waals surface area contributed by atoms with Crippen LogP contribution in [0.1, 0.15) is 29.0 Å². The maximum absolute atomic E-state index is 13.1. The van der Waals surface area contributed by atoms with E-state index in [1.807, 2.05) is 18.2 Å². The molecule has 6 rings (SSSR count). The van der Waals surface area contributed by atoms with Crippen LogP contribution in [0.2, 0.25) is 0 Å². The van der Waals surface area contributed by atoms with E-state index in [4.69, 9.17) is 19.3 Å². The molecule has 0 radical (unpaired) electrons. The molecule has 3 aromatic rings. The standard InChI is InChI=1S/C28H29BrN2O4.CH4O/c1-33-24-16-30-17-25-26(24)27(32)21(18-31-11-13-34-14-12-31)15-23(19-5-3-2-4-6-19)28(27,35-25)20-7-9-22(29)10-8-20;1-2/h2-10,16-17,21,23,32H,11-15,18H2,1H3;2H,1H3. The van der Waals surface area contributed by atoms with Crippen LogP contribution >= 0.6 is 15.9 Å². The van der Waals surface area contributed by atoms with Crippen molar-refractivity contribution >= 4 is 15.9 Å². The van der Waals surface area contributed by atoms with Crippen LogP contribution in [0.15, 0.2) is 71.5 Å². The predicted octanol–water partition coefficient (Wildman–Crippen LogP) is 4.07. The van der Waals surface area contributed by atoms with Gasteiger partial charge in [0.25, 0.3) is 0 Å². The highest BCUT2D eigenvalue weighted by molar-refractivity contribution is 9.10. The lowest BCUT2D eigenvalue weighted by molar-refractivity contribution is -0.134. The number of fused-ring (bicyclic) bond motifs is 3. The number of nitrogens with zero attached hydrogens (tertiary/aromatic N) is 2. The molecule has 1 aliphatic carbocycles. The van der Waals surface area contributed by atoms with Crippen molar-refractivity contribution in [1.29, 1.82) is 0 Å². The Balaban J connectivity index is 0.00000137. The summed E-state index contributed by atoms with van der Waals surface area (Å²) in [5, 5.41) is 20.1. The Labute approximate surface area is 226 Å². The quantitative estimate of drug-likeness (QED) is 0.480. The zero-order valence-corrected chi connectivity index (χ0v) is 22.7. The van der Waals surface area contributed by atoms with Crippen LogP contribution in [0, 0.1) is 5.92 Å². The molecular weight excluding hydrogens is 536 g/mol. The highest BCUT2D eigenvalue weighted by Crippen LogP contribution is 2.70. The van der Waals surface area contributed by atoms with Gasteiger partial charge in [-0.05, 0) is 29.7 Å². The number of aliphatic hydroxyl groups is 2. The average molecular weight is 569 g/mol. The van der Waals surface area contributed by atoms with Gasteiger partial charge >= 0.3 is 0 Å². The molecule has 2 aliphatic heterocycles. The Morgan fingerprint density at radius 3 is 2.43 bits per heavy atom. The molecule has 4 unspecified atom stereocenters. The zero-order valence-electron chi connectivity index (χ0n) is 21.1. The first kappa shape index (κ1) is 26.1. The molecule has 2 fully saturated rings. The van der Waals surface area contributed by atoms with Crippen LogP contribution in [0.3, 0.4) is 0 Å². The molecule has 196 valence electrons. The molecule has 1 saturated heterocycles. The molecule has 3 heterocycles. The molecule has 4 atom stereocenters. The molecular formula is C29H33BrN2O5. The van der Waals surface area contributed by atoms with Crippen LogP contribution in [0.5, 0.6) is 11.5 Å². The maximum atomic E-state index is 13.1. The average Bonchev–Trinajstić information content (AvgIpc) is 3.36. The fourth-order valence-corrected chi connectivity index (χ4v) is 6.73. The van der Waals surface area contributed by atoms with Crippen molar-refractivity contribution in [2.45, 2.75) is 23.5 Å². The maximum Gasteiger partial charge on any atom is 0.174 e. The summed E-state index contributed by atoms with van der Waals surface area (Å²) in [7, 11) is 2.63. The van der Waals surface area contributed by atoms with Crippen LogP contribution < -0.4 is 9.47 Å². The first-order valence-electron chi connectivity index (χ1n) is 12.6. The lowest BCUT2D eigenvalue weighted by atomic mass is 9.70. The second-order valence-corrected chi connectivity index (χ2v) is 10.6. The molecule has 7 nitrogen and oxygen atoms in total. The predicted molar refractivity (Wildman–Crippen MR) is 144 cm³/mol. The van der Waals surface area contributed by atoms with E-state index in [-0.39, 0.29) is 11.8 Å². The topological polar surface area (TPSA) is 84.3 Å². The van der Waals surface area contributed by atoms with Gasteiger partial charge in [0.15, 0.2) is 5.60 Å². The van der Waals surface area contributed by atoms with Gasteiger partial charge in [-0.1, -0.05) is 58.4 Å². The highest BCUT2D eigenvalue weighted by Gasteiger charge is 2.73. The zero-order chi connectivity index (χ0) is 26.0. The van der Waals surface area contributed by atoms with E-state index in [1.54, 1.807) is 19.5 Å². The van der Waals surface area contributed by atoms with E-state index in [2.05, 4.69) is 62.2 Å². The second-order valence-electron chi connectivity index (χ2n) is 9.63. The molecule has 0 spiro atoms. The fraction of sp³-hybridized carbons (Fsp3) is 0.414. The Bertz CT molecular complexity index is 1200. The van der Waals surface area contributed by atoms with Crippen molar-refractivity contribution in [3.05, 3.63) is 88.2 Å². The van der Waals surface area contributed by atoms with Crippen molar-refractivity contribution in [1.82, 2.24) is 9.88 Å². The van der Waals surface area contributed by atoms with E-state index < -0.39 is 11.2 Å². The molecule has 8 heteroatoms. The Hall–Kier alpha value is -2.49. The molecule has 2 aromatic carbocycles. The number of hydrogen-bond donors (Lipinski definition) is 2. The fourth-order valence-electron chi connectivity index (χ4n) is 6.47. The third kappa shape index (κ3) is 4.15. The van der Waals surface area contributed by atoms with Crippen LogP contribution in [0.25, 0.3) is 0 Å². The molecule has 0 amide bonds. The Kier molecular flexibility index (Phi) is 7.56. The Morgan fingerprint density at radius 1 is 1.05 bits per heavy atom. The number of pyridine rings is 1. The second kappa shape index (κ2) is 10.7. The first-order chi connectivity index (χ1) is 18.1. The highest BCUT2D eigenvalue weighted by atomic mass is 79.9. The van der Waals surface area contributed by atoms with E-state index >= 15 is 0 Å². The molecule has 2 N–H and O–H groups in total. The van der Waals surface area contributed by atoms with Crippen molar-refractivity contribution in [3.63, 3.8) is 0 Å². The van der Waals surface area contributed by atoms with Gasteiger partial charge in [-0.15, -0.1) is 0 Å². The minimum atomic E-state index is -1.32. The number of ether oxygens (including phenoxy) is 3. The molecule has 3 aliphatic rings. The number of aromatic nitrogens is 1. The third-order valence-electron chi connectivity index (χ3n) is 7.97. The summed E-state index contributed by atoms with van der Waals surface area (Å²) in [6, 6.07) is 18.6. The van der Waals surface area contributed by atoms with Gasteiger partial charge in [-0.2, -0.15) is 0 Å². The molecule has 0 bridgehead atoms. The normalized spacial score (nSPS) is 28.5. The van der Waals surface area contributed by atoms with Gasteiger partial charge in [-0.25, -0.2) is 0 Å². The third-order valence-corrected chi connectivity index (χ3v) is 8.50. The summed E-state index contributed by atoms with van der Waals surface area (Å²) >= 11 is 3.57.